The van der Waals surface area contributed by atoms with E-state index in [2.05, 4.69) is 20.8 Å². The van der Waals surface area contributed by atoms with Crippen molar-refractivity contribution in [2.24, 2.45) is 10.8 Å². The lowest BCUT2D eigenvalue weighted by Gasteiger charge is -2.33. The Morgan fingerprint density at radius 3 is 2.31 bits per heavy atom. The first kappa shape index (κ1) is 10.6. The quantitative estimate of drug-likeness (QED) is 0.628. The van der Waals surface area contributed by atoms with Gasteiger partial charge in [-0.15, -0.1) is 0 Å². The van der Waals surface area contributed by atoms with E-state index in [1.807, 2.05) is 0 Å². The molecule has 2 heteroatoms. The predicted molar refractivity (Wildman–Crippen MR) is 52.4 cm³/mol. The monoisotopic (exact) mass is 184 g/mol. The molecular formula is C11H20O2. The SMILES string of the molecule is CCC(C)(C)C1(CC(=O)OC)CC1. The molecule has 1 aliphatic rings. The molecule has 1 rings (SSSR count). The zero-order valence-corrected chi connectivity index (χ0v) is 9.14. The van der Waals surface area contributed by atoms with Gasteiger partial charge in [0.1, 0.15) is 0 Å². The lowest BCUT2D eigenvalue weighted by Crippen LogP contribution is -2.27. The average Bonchev–Trinajstić information content (AvgIpc) is 2.86. The highest BCUT2D eigenvalue weighted by Gasteiger charge is 2.54. The maximum Gasteiger partial charge on any atom is 0.306 e. The lowest BCUT2D eigenvalue weighted by molar-refractivity contribution is -0.143. The van der Waals surface area contributed by atoms with Gasteiger partial charge in [0.05, 0.1) is 13.5 Å². The smallest absolute Gasteiger partial charge is 0.306 e. The summed E-state index contributed by atoms with van der Waals surface area (Å²) >= 11 is 0. The van der Waals surface area contributed by atoms with Gasteiger partial charge in [-0.05, 0) is 23.7 Å². The number of ether oxygens (including phenoxy) is 1. The molecule has 1 saturated carbocycles. The molecule has 13 heavy (non-hydrogen) atoms. The Kier molecular flexibility index (Phi) is 2.69. The van der Waals surface area contributed by atoms with Crippen LogP contribution in [0.1, 0.15) is 46.5 Å². The number of esters is 1. The van der Waals surface area contributed by atoms with Crippen molar-refractivity contribution in [2.45, 2.75) is 46.5 Å². The van der Waals surface area contributed by atoms with E-state index in [-0.39, 0.29) is 16.8 Å². The molecule has 0 saturated heterocycles. The molecule has 1 fully saturated rings. The summed E-state index contributed by atoms with van der Waals surface area (Å²) in [6, 6.07) is 0. The summed E-state index contributed by atoms with van der Waals surface area (Å²) in [4.78, 5) is 11.2. The second-order valence-electron chi connectivity index (χ2n) is 4.77. The summed E-state index contributed by atoms with van der Waals surface area (Å²) < 4.78 is 4.73. The Bertz CT molecular complexity index is 202. The number of carbonyl (C=O) groups is 1. The Labute approximate surface area is 80.7 Å². The van der Waals surface area contributed by atoms with E-state index >= 15 is 0 Å². The summed E-state index contributed by atoms with van der Waals surface area (Å²) in [7, 11) is 1.47. The molecule has 1 aliphatic carbocycles. The molecule has 76 valence electrons. The van der Waals surface area contributed by atoms with Crippen LogP contribution in [0, 0.1) is 10.8 Å². The topological polar surface area (TPSA) is 26.3 Å². The zero-order valence-electron chi connectivity index (χ0n) is 9.14. The van der Waals surface area contributed by atoms with Crippen LogP contribution in [0.3, 0.4) is 0 Å². The number of methoxy groups -OCH3 is 1. The second kappa shape index (κ2) is 3.32. The number of hydrogen-bond donors (Lipinski definition) is 0. The number of hydrogen-bond acceptors (Lipinski definition) is 2. The molecule has 0 aromatic heterocycles. The highest BCUT2D eigenvalue weighted by Crippen LogP contribution is 2.62. The Hall–Kier alpha value is -0.530. The fourth-order valence-corrected chi connectivity index (χ4v) is 1.97. The van der Waals surface area contributed by atoms with E-state index in [0.29, 0.717) is 6.42 Å². The summed E-state index contributed by atoms with van der Waals surface area (Å²) in [6.45, 7) is 6.70. The molecule has 0 aromatic rings. The minimum Gasteiger partial charge on any atom is -0.469 e. The van der Waals surface area contributed by atoms with Crippen LogP contribution >= 0.6 is 0 Å². The van der Waals surface area contributed by atoms with Crippen molar-refractivity contribution in [2.75, 3.05) is 7.11 Å². The molecule has 0 radical (unpaired) electrons. The van der Waals surface area contributed by atoms with Gasteiger partial charge < -0.3 is 4.74 Å². The largest absolute Gasteiger partial charge is 0.469 e. The average molecular weight is 184 g/mol. The van der Waals surface area contributed by atoms with Crippen molar-refractivity contribution in [3.05, 3.63) is 0 Å². The molecule has 2 nitrogen and oxygen atoms in total. The summed E-state index contributed by atoms with van der Waals surface area (Å²) in [6.07, 6.45) is 4.10. The molecule has 0 amide bonds. The molecule has 0 aromatic carbocycles. The highest BCUT2D eigenvalue weighted by molar-refractivity contribution is 5.70. The number of rotatable bonds is 4. The molecule has 0 atom stereocenters. The van der Waals surface area contributed by atoms with Gasteiger partial charge in [-0.3, -0.25) is 4.79 Å². The van der Waals surface area contributed by atoms with Crippen LogP contribution in [-0.4, -0.2) is 13.1 Å². The zero-order chi connectivity index (χ0) is 10.1. The maximum atomic E-state index is 11.2. The van der Waals surface area contributed by atoms with E-state index in [1.54, 1.807) is 0 Å². The van der Waals surface area contributed by atoms with Crippen LogP contribution in [0.25, 0.3) is 0 Å². The fourth-order valence-electron chi connectivity index (χ4n) is 1.97. The third kappa shape index (κ3) is 1.87. The van der Waals surface area contributed by atoms with Crippen LogP contribution in [0.2, 0.25) is 0 Å². The minimum absolute atomic E-state index is 0.0565. The number of carbonyl (C=O) groups excluding carboxylic acids is 1. The summed E-state index contributed by atoms with van der Waals surface area (Å²) in [5.74, 6) is -0.0565. The van der Waals surface area contributed by atoms with Crippen LogP contribution in [0.4, 0.5) is 0 Å². The molecule has 0 spiro atoms. The fraction of sp³-hybridized carbons (Fsp3) is 0.909. The van der Waals surface area contributed by atoms with Crippen LogP contribution in [-0.2, 0) is 9.53 Å². The van der Waals surface area contributed by atoms with Gasteiger partial charge >= 0.3 is 5.97 Å². The van der Waals surface area contributed by atoms with Crippen LogP contribution < -0.4 is 0 Å². The van der Waals surface area contributed by atoms with Gasteiger partial charge in [0.15, 0.2) is 0 Å². The van der Waals surface area contributed by atoms with Crippen LogP contribution in [0.5, 0.6) is 0 Å². The molecule has 0 bridgehead atoms. The van der Waals surface area contributed by atoms with Gasteiger partial charge in [-0.25, -0.2) is 0 Å². The van der Waals surface area contributed by atoms with Crippen molar-refractivity contribution >= 4 is 5.97 Å². The molecule has 0 aliphatic heterocycles. The van der Waals surface area contributed by atoms with Gasteiger partial charge in [-0.2, -0.15) is 0 Å². The second-order valence-corrected chi connectivity index (χ2v) is 4.77. The van der Waals surface area contributed by atoms with Crippen molar-refractivity contribution in [3.8, 4) is 0 Å². The predicted octanol–water partition coefficient (Wildman–Crippen LogP) is 2.77. The van der Waals surface area contributed by atoms with Gasteiger partial charge in [0.25, 0.3) is 0 Å². The first-order valence-corrected chi connectivity index (χ1v) is 5.04. The van der Waals surface area contributed by atoms with Crippen molar-refractivity contribution in [1.82, 2.24) is 0 Å². The van der Waals surface area contributed by atoms with E-state index in [4.69, 9.17) is 4.74 Å². The van der Waals surface area contributed by atoms with Crippen molar-refractivity contribution in [3.63, 3.8) is 0 Å². The standard InChI is InChI=1S/C11H20O2/c1-5-10(2,3)11(6-7-11)8-9(12)13-4/h5-8H2,1-4H3. The lowest BCUT2D eigenvalue weighted by atomic mass is 9.72. The molecule has 0 heterocycles. The van der Waals surface area contributed by atoms with E-state index in [1.165, 1.54) is 20.0 Å². The Morgan fingerprint density at radius 1 is 1.46 bits per heavy atom. The third-order valence-electron chi connectivity index (χ3n) is 3.88. The molecule has 0 N–H and O–H groups in total. The van der Waals surface area contributed by atoms with Crippen molar-refractivity contribution in [1.29, 1.82) is 0 Å². The van der Waals surface area contributed by atoms with E-state index in [9.17, 15) is 4.79 Å². The molecule has 0 unspecified atom stereocenters. The first-order chi connectivity index (χ1) is 5.97. The minimum atomic E-state index is -0.0565. The van der Waals surface area contributed by atoms with E-state index in [0.717, 1.165) is 6.42 Å². The van der Waals surface area contributed by atoms with Gasteiger partial charge in [0, 0.05) is 0 Å². The summed E-state index contributed by atoms with van der Waals surface area (Å²) in [5, 5.41) is 0. The van der Waals surface area contributed by atoms with Gasteiger partial charge in [-0.1, -0.05) is 27.2 Å². The van der Waals surface area contributed by atoms with E-state index < -0.39 is 0 Å². The molecular weight excluding hydrogens is 164 g/mol. The maximum absolute atomic E-state index is 11.2. The van der Waals surface area contributed by atoms with Gasteiger partial charge in [0.2, 0.25) is 0 Å². The third-order valence-corrected chi connectivity index (χ3v) is 3.88. The Morgan fingerprint density at radius 2 is 2.00 bits per heavy atom. The normalized spacial score (nSPS) is 19.7. The highest BCUT2D eigenvalue weighted by atomic mass is 16.5. The van der Waals surface area contributed by atoms with Crippen LogP contribution in [0.15, 0.2) is 0 Å². The summed E-state index contributed by atoms with van der Waals surface area (Å²) in [5.41, 5.74) is 0.524. The first-order valence-electron chi connectivity index (χ1n) is 5.04. The Balaban J connectivity index is 2.62. The van der Waals surface area contributed by atoms with Crippen molar-refractivity contribution < 1.29 is 9.53 Å².